The van der Waals surface area contributed by atoms with Crippen molar-refractivity contribution in [2.24, 2.45) is 0 Å². The smallest absolute Gasteiger partial charge is 0.120 e. The number of hydrogen-bond donors (Lipinski definition) is 1. The third kappa shape index (κ3) is 3.61. The van der Waals surface area contributed by atoms with Gasteiger partial charge < -0.3 is 9.84 Å². The quantitative estimate of drug-likeness (QED) is 0.862. The van der Waals surface area contributed by atoms with Crippen LogP contribution in [0.4, 0.5) is 0 Å². The summed E-state index contributed by atoms with van der Waals surface area (Å²) in [5.74, 6) is 0.798. The van der Waals surface area contributed by atoms with E-state index >= 15 is 0 Å². The SMILES string of the molecule is CCCC1(O)CN(CCOc2cccc(Cl)c2)C1. The number of likely N-dealkylation sites (tertiary alicyclic amines) is 1. The van der Waals surface area contributed by atoms with Crippen LogP contribution in [0, 0.1) is 0 Å². The Hall–Kier alpha value is -0.770. The lowest BCUT2D eigenvalue weighted by Crippen LogP contribution is -2.62. The van der Waals surface area contributed by atoms with Crippen LogP contribution in [0.25, 0.3) is 0 Å². The zero-order valence-corrected chi connectivity index (χ0v) is 11.5. The molecule has 1 aliphatic rings. The molecule has 4 heteroatoms. The predicted molar refractivity (Wildman–Crippen MR) is 73.2 cm³/mol. The van der Waals surface area contributed by atoms with Crippen LogP contribution in [-0.4, -0.2) is 41.8 Å². The highest BCUT2D eigenvalue weighted by atomic mass is 35.5. The predicted octanol–water partition coefficient (Wildman–Crippen LogP) is 2.57. The molecule has 1 aromatic carbocycles. The van der Waals surface area contributed by atoms with Crippen LogP contribution in [-0.2, 0) is 0 Å². The maximum atomic E-state index is 10.0. The topological polar surface area (TPSA) is 32.7 Å². The average Bonchev–Trinajstić information content (AvgIpc) is 2.27. The molecule has 0 atom stereocenters. The summed E-state index contributed by atoms with van der Waals surface area (Å²) in [5.41, 5.74) is -0.454. The van der Waals surface area contributed by atoms with Crippen LogP contribution in [0.15, 0.2) is 24.3 Å². The first-order chi connectivity index (χ1) is 8.61. The Morgan fingerprint density at radius 3 is 2.89 bits per heavy atom. The number of ether oxygens (including phenoxy) is 1. The number of nitrogens with zero attached hydrogens (tertiary/aromatic N) is 1. The number of rotatable bonds is 6. The molecule has 0 saturated carbocycles. The van der Waals surface area contributed by atoms with Crippen molar-refractivity contribution in [3.8, 4) is 5.75 Å². The van der Waals surface area contributed by atoms with Gasteiger partial charge in [-0.1, -0.05) is 31.0 Å². The molecule has 1 fully saturated rings. The zero-order valence-electron chi connectivity index (χ0n) is 10.7. The molecule has 3 nitrogen and oxygen atoms in total. The maximum Gasteiger partial charge on any atom is 0.120 e. The third-order valence-electron chi connectivity index (χ3n) is 3.22. The molecule has 0 spiro atoms. The largest absolute Gasteiger partial charge is 0.492 e. The van der Waals surface area contributed by atoms with Gasteiger partial charge >= 0.3 is 0 Å². The van der Waals surface area contributed by atoms with E-state index in [0.29, 0.717) is 11.6 Å². The van der Waals surface area contributed by atoms with Gasteiger partial charge in [0.1, 0.15) is 12.4 Å². The molecule has 1 saturated heterocycles. The van der Waals surface area contributed by atoms with E-state index in [0.717, 1.165) is 38.2 Å². The summed E-state index contributed by atoms with van der Waals surface area (Å²) in [5, 5.41) is 10.7. The molecule has 0 bridgehead atoms. The lowest BCUT2D eigenvalue weighted by atomic mass is 9.89. The van der Waals surface area contributed by atoms with Gasteiger partial charge in [-0.3, -0.25) is 4.90 Å². The highest BCUT2D eigenvalue weighted by Gasteiger charge is 2.39. The van der Waals surface area contributed by atoms with E-state index < -0.39 is 5.60 Å². The molecule has 1 heterocycles. The average molecular weight is 270 g/mol. The van der Waals surface area contributed by atoms with Crippen molar-refractivity contribution in [3.63, 3.8) is 0 Å². The van der Waals surface area contributed by atoms with Gasteiger partial charge in [0.2, 0.25) is 0 Å². The van der Waals surface area contributed by atoms with E-state index in [9.17, 15) is 5.11 Å². The standard InChI is InChI=1S/C14H20ClNO2/c1-2-6-14(17)10-16(11-14)7-8-18-13-5-3-4-12(15)9-13/h3-5,9,17H,2,6-8,10-11H2,1H3. The van der Waals surface area contributed by atoms with E-state index in [1.807, 2.05) is 24.3 Å². The normalized spacial score (nSPS) is 18.4. The minimum absolute atomic E-state index is 0.454. The van der Waals surface area contributed by atoms with Crippen LogP contribution >= 0.6 is 11.6 Å². The summed E-state index contributed by atoms with van der Waals surface area (Å²) in [6.45, 7) is 5.10. The number of aliphatic hydroxyl groups is 1. The van der Waals surface area contributed by atoms with Gasteiger partial charge in [0.25, 0.3) is 0 Å². The Bertz CT molecular complexity index is 391. The molecule has 0 radical (unpaired) electrons. The van der Waals surface area contributed by atoms with E-state index in [1.54, 1.807) is 0 Å². The first kappa shape index (κ1) is 13.7. The maximum absolute atomic E-state index is 10.0. The summed E-state index contributed by atoms with van der Waals surface area (Å²) in [4.78, 5) is 2.21. The van der Waals surface area contributed by atoms with Crippen molar-refractivity contribution in [3.05, 3.63) is 29.3 Å². The molecule has 18 heavy (non-hydrogen) atoms. The van der Waals surface area contributed by atoms with Gasteiger partial charge in [0.15, 0.2) is 0 Å². The van der Waals surface area contributed by atoms with E-state index in [1.165, 1.54) is 0 Å². The van der Waals surface area contributed by atoms with E-state index in [4.69, 9.17) is 16.3 Å². The molecule has 0 aliphatic carbocycles. The zero-order chi connectivity index (χ0) is 13.0. The number of β-amino-alcohol motifs (C(OH)–C–C–N with tert-alkyl or cyclic N) is 1. The lowest BCUT2D eigenvalue weighted by molar-refractivity contribution is -0.105. The van der Waals surface area contributed by atoms with Crippen molar-refractivity contribution >= 4 is 11.6 Å². The van der Waals surface area contributed by atoms with Crippen LogP contribution in [0.3, 0.4) is 0 Å². The molecule has 1 N–H and O–H groups in total. The Morgan fingerprint density at radius 1 is 1.44 bits per heavy atom. The second kappa shape index (κ2) is 5.91. The van der Waals surface area contributed by atoms with Gasteiger partial charge in [0, 0.05) is 24.7 Å². The Morgan fingerprint density at radius 2 is 2.22 bits per heavy atom. The van der Waals surface area contributed by atoms with Crippen LogP contribution in [0.2, 0.25) is 5.02 Å². The van der Waals surface area contributed by atoms with E-state index in [-0.39, 0.29) is 0 Å². The summed E-state index contributed by atoms with van der Waals surface area (Å²) < 4.78 is 5.61. The van der Waals surface area contributed by atoms with Crippen molar-refractivity contribution in [1.29, 1.82) is 0 Å². The van der Waals surface area contributed by atoms with Gasteiger partial charge in [0.05, 0.1) is 5.60 Å². The molecule has 2 rings (SSSR count). The number of halogens is 1. The molecule has 1 aliphatic heterocycles. The summed E-state index contributed by atoms with van der Waals surface area (Å²) >= 11 is 5.87. The number of benzene rings is 1. The molecular formula is C14H20ClNO2. The minimum Gasteiger partial charge on any atom is -0.492 e. The summed E-state index contributed by atoms with van der Waals surface area (Å²) in [6, 6.07) is 7.41. The fraction of sp³-hybridized carbons (Fsp3) is 0.571. The van der Waals surface area contributed by atoms with Crippen LogP contribution in [0.1, 0.15) is 19.8 Å². The number of hydrogen-bond acceptors (Lipinski definition) is 3. The summed E-state index contributed by atoms with van der Waals surface area (Å²) in [7, 11) is 0. The van der Waals surface area contributed by atoms with Gasteiger partial charge in [-0.25, -0.2) is 0 Å². The molecule has 0 unspecified atom stereocenters. The molecule has 1 aromatic rings. The Labute approximate surface area is 113 Å². The van der Waals surface area contributed by atoms with Crippen LogP contribution < -0.4 is 4.74 Å². The second-order valence-corrected chi connectivity index (χ2v) is 5.43. The first-order valence-corrected chi connectivity index (χ1v) is 6.82. The van der Waals surface area contributed by atoms with Crippen molar-refractivity contribution in [2.75, 3.05) is 26.2 Å². The van der Waals surface area contributed by atoms with Crippen molar-refractivity contribution < 1.29 is 9.84 Å². The van der Waals surface area contributed by atoms with Crippen LogP contribution in [0.5, 0.6) is 5.75 Å². The monoisotopic (exact) mass is 269 g/mol. The second-order valence-electron chi connectivity index (χ2n) is 4.99. The third-order valence-corrected chi connectivity index (χ3v) is 3.46. The highest BCUT2D eigenvalue weighted by Crippen LogP contribution is 2.25. The van der Waals surface area contributed by atoms with Gasteiger partial charge in [-0.15, -0.1) is 0 Å². The first-order valence-electron chi connectivity index (χ1n) is 6.44. The van der Waals surface area contributed by atoms with Crippen molar-refractivity contribution in [1.82, 2.24) is 4.90 Å². The minimum atomic E-state index is -0.454. The fourth-order valence-electron chi connectivity index (χ4n) is 2.42. The molecule has 0 amide bonds. The van der Waals surface area contributed by atoms with Gasteiger partial charge in [-0.05, 0) is 24.6 Å². The lowest BCUT2D eigenvalue weighted by Gasteiger charge is -2.46. The van der Waals surface area contributed by atoms with Gasteiger partial charge in [-0.2, -0.15) is 0 Å². The molecular weight excluding hydrogens is 250 g/mol. The van der Waals surface area contributed by atoms with E-state index in [2.05, 4.69) is 11.8 Å². The Kier molecular flexibility index (Phi) is 4.49. The highest BCUT2D eigenvalue weighted by molar-refractivity contribution is 6.30. The summed E-state index contributed by atoms with van der Waals surface area (Å²) in [6.07, 6.45) is 1.92. The Balaban J connectivity index is 1.66. The molecule has 0 aromatic heterocycles. The van der Waals surface area contributed by atoms with Crippen molar-refractivity contribution in [2.45, 2.75) is 25.4 Å². The fourth-order valence-corrected chi connectivity index (χ4v) is 2.60. The molecule has 100 valence electrons.